The molecule has 1 heterocycles. The first-order valence-electron chi connectivity index (χ1n) is 10.5. The number of halogens is 1. The summed E-state index contributed by atoms with van der Waals surface area (Å²) >= 11 is 0. The van der Waals surface area contributed by atoms with E-state index in [-0.39, 0.29) is 0 Å². The second kappa shape index (κ2) is 10.2. The fourth-order valence-corrected chi connectivity index (χ4v) is 3.21. The molecule has 32 heavy (non-hydrogen) atoms. The van der Waals surface area contributed by atoms with Crippen molar-refractivity contribution in [3.8, 4) is 17.0 Å². The monoisotopic (exact) mass is 438 g/mol. The Balaban J connectivity index is 2.05. The van der Waals surface area contributed by atoms with E-state index in [0.717, 1.165) is 11.0 Å². The van der Waals surface area contributed by atoms with Gasteiger partial charge in [-0.2, -0.15) is 9.78 Å². The SMILES string of the molecule is CC(C)(C)OC(=O)n1cc(C(CCCC=O)Oc2ccccc2)c(-c2cccc(F)c2)n1. The van der Waals surface area contributed by atoms with Crippen LogP contribution in [0.4, 0.5) is 9.18 Å². The minimum atomic E-state index is -0.702. The molecule has 2 aromatic carbocycles. The predicted octanol–water partition coefficient (Wildman–Crippen LogP) is 5.96. The van der Waals surface area contributed by atoms with E-state index in [0.29, 0.717) is 41.8 Å². The van der Waals surface area contributed by atoms with Gasteiger partial charge in [0, 0.05) is 23.7 Å². The summed E-state index contributed by atoms with van der Waals surface area (Å²) in [4.78, 5) is 23.6. The average molecular weight is 438 g/mol. The highest BCUT2D eigenvalue weighted by molar-refractivity contribution is 5.73. The fourth-order valence-electron chi connectivity index (χ4n) is 3.21. The maximum atomic E-state index is 14.0. The van der Waals surface area contributed by atoms with Gasteiger partial charge in [-0.05, 0) is 57.9 Å². The molecular formula is C25H27FN2O4. The molecule has 0 amide bonds. The number of carbonyl (C=O) groups excluding carboxylic acids is 2. The van der Waals surface area contributed by atoms with Crippen LogP contribution in [0, 0.1) is 5.82 Å². The summed E-state index contributed by atoms with van der Waals surface area (Å²) < 4.78 is 26.8. The van der Waals surface area contributed by atoms with Crippen LogP contribution in [0.15, 0.2) is 60.8 Å². The molecule has 168 valence electrons. The minimum absolute atomic E-state index is 0.379. The standard InChI is InChI=1S/C25H27FN2O4/c1-25(2,3)32-24(30)28-17-21(23(27-28)18-10-9-11-19(26)16-18)22(14-7-8-15-29)31-20-12-5-4-6-13-20/h4-6,9-13,15-17,22H,7-8,14H2,1-3H3. The number of para-hydroxylation sites is 1. The molecule has 1 aromatic heterocycles. The van der Waals surface area contributed by atoms with Crippen LogP contribution in [0.25, 0.3) is 11.3 Å². The molecule has 0 saturated carbocycles. The van der Waals surface area contributed by atoms with Gasteiger partial charge < -0.3 is 14.3 Å². The van der Waals surface area contributed by atoms with Gasteiger partial charge >= 0.3 is 6.09 Å². The highest BCUT2D eigenvalue weighted by Crippen LogP contribution is 2.34. The van der Waals surface area contributed by atoms with Gasteiger partial charge in [0.2, 0.25) is 0 Å². The van der Waals surface area contributed by atoms with Crippen molar-refractivity contribution >= 4 is 12.4 Å². The van der Waals surface area contributed by atoms with Crippen LogP contribution in [0.1, 0.15) is 51.7 Å². The molecule has 7 heteroatoms. The summed E-state index contributed by atoms with van der Waals surface area (Å²) in [5.74, 6) is 0.223. The van der Waals surface area contributed by atoms with E-state index < -0.39 is 23.6 Å². The van der Waals surface area contributed by atoms with E-state index in [2.05, 4.69) is 5.10 Å². The normalized spacial score (nSPS) is 12.2. The van der Waals surface area contributed by atoms with Crippen molar-refractivity contribution in [2.75, 3.05) is 0 Å². The lowest BCUT2D eigenvalue weighted by molar-refractivity contribution is -0.108. The molecular weight excluding hydrogens is 411 g/mol. The Hall–Kier alpha value is -3.48. The zero-order chi connectivity index (χ0) is 23.1. The molecule has 1 atom stereocenters. The van der Waals surface area contributed by atoms with Crippen molar-refractivity contribution in [2.24, 2.45) is 0 Å². The van der Waals surface area contributed by atoms with Crippen LogP contribution in [0.2, 0.25) is 0 Å². The number of aromatic nitrogens is 2. The Morgan fingerprint density at radius 2 is 1.91 bits per heavy atom. The van der Waals surface area contributed by atoms with E-state index in [9.17, 15) is 14.0 Å². The lowest BCUT2D eigenvalue weighted by Gasteiger charge is -2.19. The molecule has 0 spiro atoms. The smallest absolute Gasteiger partial charge is 0.435 e. The summed E-state index contributed by atoms with van der Waals surface area (Å²) in [6.45, 7) is 5.30. The maximum Gasteiger partial charge on any atom is 0.435 e. The summed E-state index contributed by atoms with van der Waals surface area (Å²) in [7, 11) is 0. The van der Waals surface area contributed by atoms with E-state index in [1.54, 1.807) is 39.1 Å². The maximum absolute atomic E-state index is 14.0. The Morgan fingerprint density at radius 3 is 2.56 bits per heavy atom. The first kappa shape index (κ1) is 23.2. The number of hydrogen-bond donors (Lipinski definition) is 0. The molecule has 0 aliphatic rings. The Morgan fingerprint density at radius 1 is 1.16 bits per heavy atom. The number of aldehydes is 1. The molecule has 0 aliphatic heterocycles. The van der Waals surface area contributed by atoms with Crippen molar-refractivity contribution < 1.29 is 23.5 Å². The lowest BCUT2D eigenvalue weighted by Crippen LogP contribution is -2.27. The van der Waals surface area contributed by atoms with E-state index >= 15 is 0 Å². The van der Waals surface area contributed by atoms with Gasteiger partial charge in [-0.3, -0.25) is 0 Å². The molecule has 1 unspecified atom stereocenters. The van der Waals surface area contributed by atoms with Gasteiger partial charge in [-0.1, -0.05) is 30.3 Å². The van der Waals surface area contributed by atoms with Crippen molar-refractivity contribution in [2.45, 2.75) is 51.7 Å². The largest absolute Gasteiger partial charge is 0.486 e. The third-order valence-electron chi connectivity index (χ3n) is 4.58. The molecule has 0 radical (unpaired) electrons. The first-order valence-corrected chi connectivity index (χ1v) is 10.5. The Labute approximate surface area is 187 Å². The quantitative estimate of drug-likeness (QED) is 0.320. The average Bonchev–Trinajstić information content (AvgIpc) is 3.18. The van der Waals surface area contributed by atoms with Crippen molar-refractivity contribution in [3.63, 3.8) is 0 Å². The Kier molecular flexibility index (Phi) is 7.41. The number of nitrogens with zero attached hydrogens (tertiary/aromatic N) is 2. The highest BCUT2D eigenvalue weighted by atomic mass is 19.1. The molecule has 0 fully saturated rings. The molecule has 6 nitrogen and oxygen atoms in total. The van der Waals surface area contributed by atoms with Crippen molar-refractivity contribution in [1.29, 1.82) is 0 Å². The predicted molar refractivity (Wildman–Crippen MR) is 119 cm³/mol. The van der Waals surface area contributed by atoms with Gasteiger partial charge in [-0.15, -0.1) is 0 Å². The number of carbonyl (C=O) groups is 2. The van der Waals surface area contributed by atoms with E-state index in [4.69, 9.17) is 9.47 Å². The molecule has 0 aliphatic carbocycles. The minimum Gasteiger partial charge on any atom is -0.486 e. The molecule has 0 N–H and O–H groups in total. The second-order valence-electron chi connectivity index (χ2n) is 8.39. The zero-order valence-electron chi connectivity index (χ0n) is 18.5. The van der Waals surface area contributed by atoms with E-state index in [1.807, 2.05) is 30.3 Å². The zero-order valence-corrected chi connectivity index (χ0v) is 18.5. The van der Waals surface area contributed by atoms with Crippen LogP contribution >= 0.6 is 0 Å². The van der Waals surface area contributed by atoms with Crippen LogP contribution in [0.3, 0.4) is 0 Å². The molecule has 3 rings (SSSR count). The van der Waals surface area contributed by atoms with Crippen molar-refractivity contribution in [1.82, 2.24) is 9.78 Å². The lowest BCUT2D eigenvalue weighted by atomic mass is 10.00. The summed E-state index contributed by atoms with van der Waals surface area (Å²) in [6, 6.07) is 15.3. The number of hydrogen-bond acceptors (Lipinski definition) is 5. The van der Waals surface area contributed by atoms with E-state index in [1.165, 1.54) is 12.1 Å². The number of unbranched alkanes of at least 4 members (excludes halogenated alkanes) is 1. The fraction of sp³-hybridized carbons (Fsp3) is 0.320. The van der Waals surface area contributed by atoms with Gasteiger partial charge in [0.25, 0.3) is 0 Å². The van der Waals surface area contributed by atoms with Gasteiger partial charge in [0.15, 0.2) is 0 Å². The summed E-state index contributed by atoms with van der Waals surface area (Å²) in [6.07, 6.45) is 2.74. The Bertz CT molecular complexity index is 1060. The van der Waals surface area contributed by atoms with Crippen LogP contribution in [0.5, 0.6) is 5.75 Å². The van der Waals surface area contributed by atoms with Crippen LogP contribution < -0.4 is 4.74 Å². The topological polar surface area (TPSA) is 70.4 Å². The van der Waals surface area contributed by atoms with Gasteiger partial charge in [0.1, 0.15) is 29.6 Å². The highest BCUT2D eigenvalue weighted by Gasteiger charge is 2.26. The number of ether oxygens (including phenoxy) is 2. The first-order chi connectivity index (χ1) is 15.3. The second-order valence-corrected chi connectivity index (χ2v) is 8.39. The third kappa shape index (κ3) is 6.26. The van der Waals surface area contributed by atoms with Gasteiger partial charge in [-0.25, -0.2) is 9.18 Å². The summed E-state index contributed by atoms with van der Waals surface area (Å²) in [5.41, 5.74) is 0.838. The summed E-state index contributed by atoms with van der Waals surface area (Å²) in [5, 5.41) is 4.42. The van der Waals surface area contributed by atoms with Crippen molar-refractivity contribution in [3.05, 3.63) is 72.2 Å². The molecule has 0 bridgehead atoms. The number of benzene rings is 2. The third-order valence-corrected chi connectivity index (χ3v) is 4.58. The van der Waals surface area contributed by atoms with Crippen LogP contribution in [-0.4, -0.2) is 27.8 Å². The van der Waals surface area contributed by atoms with Crippen LogP contribution in [-0.2, 0) is 9.53 Å². The molecule has 3 aromatic rings. The molecule has 0 saturated heterocycles. The number of rotatable bonds is 8. The van der Waals surface area contributed by atoms with Gasteiger partial charge in [0.05, 0.1) is 5.69 Å².